The summed E-state index contributed by atoms with van der Waals surface area (Å²) in [5.41, 5.74) is 12.6. The molecule has 6 rings (SSSR count). The Morgan fingerprint density at radius 1 is 0.974 bits per heavy atom. The number of nitrogen functional groups attached to an aromatic ring is 1. The predicted molar refractivity (Wildman–Crippen MR) is 154 cm³/mol. The molecule has 8 nitrogen and oxygen atoms in total. The molecule has 1 saturated carbocycles. The van der Waals surface area contributed by atoms with Gasteiger partial charge < -0.3 is 20.5 Å². The molecule has 1 aliphatic carbocycles. The average molecular weight is 521 g/mol. The fourth-order valence-corrected chi connectivity index (χ4v) is 6.18. The Hall–Kier alpha value is -4.46. The fourth-order valence-electron chi connectivity index (χ4n) is 6.18. The maximum atomic E-state index is 13.3. The van der Waals surface area contributed by atoms with Crippen molar-refractivity contribution in [2.24, 2.45) is 18.9 Å². The van der Waals surface area contributed by atoms with Crippen LogP contribution in [-0.4, -0.2) is 44.3 Å². The number of nitrogens with zero attached hydrogens (tertiary/aromatic N) is 4. The first-order chi connectivity index (χ1) is 18.8. The highest BCUT2D eigenvalue weighted by molar-refractivity contribution is 6.08. The van der Waals surface area contributed by atoms with Crippen LogP contribution in [0.4, 0.5) is 11.5 Å². The van der Waals surface area contributed by atoms with Crippen LogP contribution in [-0.2, 0) is 11.8 Å². The van der Waals surface area contributed by atoms with Gasteiger partial charge in [-0.3, -0.25) is 9.59 Å². The monoisotopic (exact) mass is 520 g/mol. The molecule has 0 radical (unpaired) electrons. The van der Waals surface area contributed by atoms with E-state index in [4.69, 9.17) is 5.73 Å². The van der Waals surface area contributed by atoms with Crippen molar-refractivity contribution < 1.29 is 9.59 Å². The second kappa shape index (κ2) is 9.69. The molecule has 2 aromatic carbocycles. The van der Waals surface area contributed by atoms with Gasteiger partial charge in [-0.05, 0) is 73.4 Å². The summed E-state index contributed by atoms with van der Waals surface area (Å²) in [7, 11) is 1.95. The predicted octanol–water partition coefficient (Wildman–Crippen LogP) is 5.27. The van der Waals surface area contributed by atoms with Crippen molar-refractivity contribution in [3.05, 3.63) is 72.6 Å². The van der Waals surface area contributed by atoms with E-state index in [0.29, 0.717) is 34.5 Å². The number of nitrogens with two attached hydrogens (primary N) is 1. The summed E-state index contributed by atoms with van der Waals surface area (Å²) in [4.78, 5) is 36.2. The molecule has 198 valence electrons. The third kappa shape index (κ3) is 4.46. The van der Waals surface area contributed by atoms with Crippen LogP contribution in [0.1, 0.15) is 36.5 Å². The summed E-state index contributed by atoms with van der Waals surface area (Å²) in [6.07, 6.45) is 5.20. The van der Waals surface area contributed by atoms with E-state index < -0.39 is 0 Å². The molecule has 39 heavy (non-hydrogen) atoms. The SMILES string of the molecule is C=C(C)C(=O)Nc1ccc(-c2c(-c3ccc(C(=O)N4CC5CCC(C5)C4)cc3)c3c(N)ncnc3n2C)cc1. The van der Waals surface area contributed by atoms with E-state index in [-0.39, 0.29) is 11.8 Å². The Labute approximate surface area is 227 Å². The molecule has 8 heteroatoms. The Morgan fingerprint density at radius 2 is 1.62 bits per heavy atom. The smallest absolute Gasteiger partial charge is 0.253 e. The van der Waals surface area contributed by atoms with Crippen molar-refractivity contribution in [1.29, 1.82) is 0 Å². The van der Waals surface area contributed by atoms with Gasteiger partial charge in [-0.25, -0.2) is 9.97 Å². The quantitative estimate of drug-likeness (QED) is 0.349. The minimum atomic E-state index is -0.220. The van der Waals surface area contributed by atoms with E-state index in [1.165, 1.54) is 25.6 Å². The second-order valence-corrected chi connectivity index (χ2v) is 10.9. The first-order valence-electron chi connectivity index (χ1n) is 13.4. The topological polar surface area (TPSA) is 106 Å². The zero-order chi connectivity index (χ0) is 27.3. The number of fused-ring (bicyclic) bond motifs is 3. The molecule has 3 N–H and O–H groups in total. The highest BCUT2D eigenvalue weighted by Gasteiger charge is 2.35. The molecule has 3 heterocycles. The van der Waals surface area contributed by atoms with Gasteiger partial charge in [0.15, 0.2) is 0 Å². The van der Waals surface area contributed by atoms with Gasteiger partial charge in [0.05, 0.1) is 11.1 Å². The van der Waals surface area contributed by atoms with Gasteiger partial charge in [-0.2, -0.15) is 0 Å². The summed E-state index contributed by atoms with van der Waals surface area (Å²) < 4.78 is 2.01. The largest absolute Gasteiger partial charge is 0.383 e. The van der Waals surface area contributed by atoms with E-state index in [0.717, 1.165) is 46.5 Å². The van der Waals surface area contributed by atoms with E-state index in [1.54, 1.807) is 6.92 Å². The average Bonchev–Trinajstić information content (AvgIpc) is 3.44. The molecule has 0 spiro atoms. The minimum absolute atomic E-state index is 0.103. The van der Waals surface area contributed by atoms with Crippen molar-refractivity contribution in [1.82, 2.24) is 19.4 Å². The van der Waals surface area contributed by atoms with Gasteiger partial charge in [0, 0.05) is 42.5 Å². The number of carbonyl (C=O) groups excluding carboxylic acids is 2. The lowest BCUT2D eigenvalue weighted by Crippen LogP contribution is -2.40. The van der Waals surface area contributed by atoms with E-state index in [9.17, 15) is 9.59 Å². The molecule has 1 aliphatic heterocycles. The molecule has 2 aromatic heterocycles. The van der Waals surface area contributed by atoms with E-state index >= 15 is 0 Å². The molecule has 2 aliphatic rings. The third-order valence-corrected chi connectivity index (χ3v) is 8.12. The summed E-state index contributed by atoms with van der Waals surface area (Å²) in [6, 6.07) is 15.4. The van der Waals surface area contributed by atoms with Gasteiger partial charge in [-0.15, -0.1) is 0 Å². The third-order valence-electron chi connectivity index (χ3n) is 8.12. The van der Waals surface area contributed by atoms with E-state index in [2.05, 4.69) is 21.9 Å². The lowest BCUT2D eigenvalue weighted by Gasteiger charge is -2.31. The lowest BCUT2D eigenvalue weighted by atomic mass is 9.96. The number of hydrogen-bond acceptors (Lipinski definition) is 5. The number of amides is 2. The summed E-state index contributed by atoms with van der Waals surface area (Å²) in [6.45, 7) is 7.09. The second-order valence-electron chi connectivity index (χ2n) is 10.9. The molecular formula is C31H32N6O2. The first kappa shape index (κ1) is 24.9. The highest BCUT2D eigenvalue weighted by atomic mass is 16.2. The summed E-state index contributed by atoms with van der Waals surface area (Å²) >= 11 is 0. The molecule has 4 aromatic rings. The number of benzene rings is 2. The molecule has 1 saturated heterocycles. The van der Waals surface area contributed by atoms with Crippen LogP contribution in [0.2, 0.25) is 0 Å². The zero-order valence-electron chi connectivity index (χ0n) is 22.3. The number of nitrogens with one attached hydrogen (secondary N) is 1. The van der Waals surface area contributed by atoms with Crippen LogP contribution in [0.25, 0.3) is 33.4 Å². The van der Waals surface area contributed by atoms with Crippen molar-refractivity contribution in [3.8, 4) is 22.4 Å². The number of rotatable bonds is 5. The standard InChI is InChI=1S/C31H32N6O2/c1-18(2)30(38)35-24-12-10-22(11-13-24)27-25(26-28(32)33-17-34-29(26)36(27)3)21-6-8-23(9-7-21)31(39)37-15-19-4-5-20(14-19)16-37/h6-13,17,19-20H,1,4-5,14-16H2,2-3H3,(H,35,38)(H2,32,33,34). The molecular weight excluding hydrogens is 488 g/mol. The molecule has 2 unspecified atom stereocenters. The first-order valence-corrected chi connectivity index (χ1v) is 13.4. The zero-order valence-corrected chi connectivity index (χ0v) is 22.3. The van der Waals surface area contributed by atoms with Gasteiger partial charge in [-0.1, -0.05) is 30.8 Å². The van der Waals surface area contributed by atoms with Crippen LogP contribution in [0, 0.1) is 11.8 Å². The van der Waals surface area contributed by atoms with Crippen LogP contribution in [0.15, 0.2) is 67.0 Å². The summed E-state index contributed by atoms with van der Waals surface area (Å²) in [5, 5.41) is 3.61. The van der Waals surface area contributed by atoms with Crippen LogP contribution < -0.4 is 11.1 Å². The number of likely N-dealkylation sites (tertiary alicyclic amines) is 1. The number of hydrogen-bond donors (Lipinski definition) is 2. The van der Waals surface area contributed by atoms with Gasteiger partial charge >= 0.3 is 0 Å². The Morgan fingerprint density at radius 3 is 2.26 bits per heavy atom. The van der Waals surface area contributed by atoms with Gasteiger partial charge in [0.25, 0.3) is 11.8 Å². The van der Waals surface area contributed by atoms with Crippen molar-refractivity contribution >= 4 is 34.4 Å². The number of anilines is 2. The molecule has 2 fully saturated rings. The number of piperidine rings is 1. The number of aromatic nitrogens is 3. The van der Waals surface area contributed by atoms with E-state index in [1.807, 2.05) is 65.0 Å². The Balaban J connectivity index is 1.38. The molecule has 2 amide bonds. The minimum Gasteiger partial charge on any atom is -0.383 e. The highest BCUT2D eigenvalue weighted by Crippen LogP contribution is 2.42. The fraction of sp³-hybridized carbons (Fsp3) is 0.290. The Kier molecular flexibility index (Phi) is 6.17. The molecule has 2 atom stereocenters. The van der Waals surface area contributed by atoms with Crippen LogP contribution in [0.3, 0.4) is 0 Å². The van der Waals surface area contributed by atoms with Gasteiger partial charge in [0.1, 0.15) is 17.8 Å². The summed E-state index contributed by atoms with van der Waals surface area (Å²) in [5.74, 6) is 1.57. The molecule has 2 bridgehead atoms. The van der Waals surface area contributed by atoms with Crippen molar-refractivity contribution in [2.75, 3.05) is 24.1 Å². The normalized spacial score (nSPS) is 18.4. The number of aryl methyl sites for hydroxylation is 1. The van der Waals surface area contributed by atoms with Crippen molar-refractivity contribution in [2.45, 2.75) is 26.2 Å². The van der Waals surface area contributed by atoms with Crippen LogP contribution in [0.5, 0.6) is 0 Å². The number of carbonyl (C=O) groups is 2. The van der Waals surface area contributed by atoms with Crippen molar-refractivity contribution in [3.63, 3.8) is 0 Å². The van der Waals surface area contributed by atoms with Crippen LogP contribution >= 0.6 is 0 Å². The Bertz CT molecular complexity index is 1590. The lowest BCUT2D eigenvalue weighted by molar-refractivity contribution is -0.112. The van der Waals surface area contributed by atoms with Gasteiger partial charge in [0.2, 0.25) is 0 Å². The maximum Gasteiger partial charge on any atom is 0.253 e. The maximum absolute atomic E-state index is 13.3.